The van der Waals surface area contributed by atoms with Crippen LogP contribution in [0.2, 0.25) is 0 Å². The number of nitrogens with two attached hydrogens (primary N) is 1. The number of anilines is 1. The van der Waals surface area contributed by atoms with Crippen LogP contribution in [0, 0.1) is 6.92 Å². The molecule has 4 nitrogen and oxygen atoms in total. The van der Waals surface area contributed by atoms with E-state index in [1.54, 1.807) is 6.20 Å². The van der Waals surface area contributed by atoms with Gasteiger partial charge in [0, 0.05) is 19.1 Å². The summed E-state index contributed by atoms with van der Waals surface area (Å²) in [5.41, 5.74) is 7.07. The topological polar surface area (TPSA) is 55.0 Å². The summed E-state index contributed by atoms with van der Waals surface area (Å²) in [5, 5.41) is 8.18. The van der Waals surface area contributed by atoms with Crippen molar-refractivity contribution in [3.8, 4) is 0 Å². The monoisotopic (exact) mass is 220 g/mol. The summed E-state index contributed by atoms with van der Waals surface area (Å²) in [6, 6.07) is 3.05. The molecule has 0 aromatic carbocycles. The summed E-state index contributed by atoms with van der Waals surface area (Å²) < 4.78 is 0. The van der Waals surface area contributed by atoms with E-state index in [-0.39, 0.29) is 0 Å². The lowest BCUT2D eigenvalue weighted by Crippen LogP contribution is -2.39. The molecule has 1 aromatic rings. The van der Waals surface area contributed by atoms with Crippen molar-refractivity contribution in [2.75, 3.05) is 11.9 Å². The van der Waals surface area contributed by atoms with Crippen molar-refractivity contribution in [1.82, 2.24) is 10.2 Å². The van der Waals surface area contributed by atoms with Gasteiger partial charge in [-0.2, -0.15) is 5.10 Å². The van der Waals surface area contributed by atoms with E-state index in [9.17, 15) is 0 Å². The maximum absolute atomic E-state index is 5.91. The van der Waals surface area contributed by atoms with Gasteiger partial charge in [0.1, 0.15) is 0 Å². The first-order valence-electron chi connectivity index (χ1n) is 5.94. The van der Waals surface area contributed by atoms with Crippen LogP contribution in [0.4, 0.5) is 5.82 Å². The maximum Gasteiger partial charge on any atom is 0.151 e. The molecule has 0 radical (unpaired) electrons. The summed E-state index contributed by atoms with van der Waals surface area (Å²) in [6.07, 6.45) is 6.34. The molecule has 1 fully saturated rings. The van der Waals surface area contributed by atoms with Crippen LogP contribution in [-0.4, -0.2) is 29.3 Å². The van der Waals surface area contributed by atoms with E-state index in [4.69, 9.17) is 5.73 Å². The quantitative estimate of drug-likeness (QED) is 0.820. The number of aromatic nitrogens is 2. The third-order valence-electron chi connectivity index (χ3n) is 3.43. The number of hydrogen-bond donors (Lipinski definition) is 1. The van der Waals surface area contributed by atoms with Crippen molar-refractivity contribution in [1.29, 1.82) is 0 Å². The van der Waals surface area contributed by atoms with Crippen LogP contribution >= 0.6 is 0 Å². The lowest BCUT2D eigenvalue weighted by atomic mass is 9.91. The molecule has 0 saturated heterocycles. The van der Waals surface area contributed by atoms with Crippen molar-refractivity contribution in [3.05, 3.63) is 17.8 Å². The highest BCUT2D eigenvalue weighted by atomic mass is 15.3. The van der Waals surface area contributed by atoms with E-state index in [1.165, 1.54) is 0 Å². The number of hydrogen-bond acceptors (Lipinski definition) is 4. The van der Waals surface area contributed by atoms with Crippen molar-refractivity contribution >= 4 is 5.82 Å². The van der Waals surface area contributed by atoms with Gasteiger partial charge in [-0.3, -0.25) is 0 Å². The van der Waals surface area contributed by atoms with Crippen LogP contribution in [0.15, 0.2) is 12.3 Å². The zero-order valence-corrected chi connectivity index (χ0v) is 10.1. The fourth-order valence-electron chi connectivity index (χ4n) is 2.30. The van der Waals surface area contributed by atoms with Crippen LogP contribution in [0.3, 0.4) is 0 Å². The second-order valence-corrected chi connectivity index (χ2v) is 4.77. The predicted octanol–water partition coefficient (Wildman–Crippen LogP) is 1.49. The minimum atomic E-state index is 0.397. The zero-order chi connectivity index (χ0) is 11.5. The molecule has 0 unspecified atom stereocenters. The second kappa shape index (κ2) is 4.78. The largest absolute Gasteiger partial charge is 0.355 e. The molecule has 4 heteroatoms. The van der Waals surface area contributed by atoms with E-state index in [1.807, 2.05) is 6.92 Å². The molecule has 0 spiro atoms. The first-order chi connectivity index (χ1) is 7.66. The fraction of sp³-hybridized carbons (Fsp3) is 0.667. The van der Waals surface area contributed by atoms with Gasteiger partial charge >= 0.3 is 0 Å². The molecule has 1 heterocycles. The van der Waals surface area contributed by atoms with E-state index < -0.39 is 0 Å². The van der Waals surface area contributed by atoms with E-state index in [0.717, 1.165) is 37.1 Å². The first-order valence-corrected chi connectivity index (χ1v) is 5.94. The average Bonchev–Trinajstić information content (AvgIpc) is 2.29. The Kier molecular flexibility index (Phi) is 3.39. The standard InChI is InChI=1S/C12H20N4/c1-9-7-12(15-14-8-9)16(2)11-5-3-10(13)4-6-11/h7-8,10-11H,3-6,13H2,1-2H3. The van der Waals surface area contributed by atoms with Gasteiger partial charge in [-0.1, -0.05) is 0 Å². The van der Waals surface area contributed by atoms with Crippen LogP contribution in [0.5, 0.6) is 0 Å². The van der Waals surface area contributed by atoms with Crippen LogP contribution in [0.25, 0.3) is 0 Å². The summed E-state index contributed by atoms with van der Waals surface area (Å²) in [5.74, 6) is 0.973. The first kappa shape index (κ1) is 11.3. The lowest BCUT2D eigenvalue weighted by molar-refractivity contribution is 0.383. The Bertz CT molecular complexity index is 345. The Morgan fingerprint density at radius 3 is 2.62 bits per heavy atom. The predicted molar refractivity (Wildman–Crippen MR) is 65.4 cm³/mol. The van der Waals surface area contributed by atoms with Gasteiger partial charge in [0.2, 0.25) is 0 Å². The van der Waals surface area contributed by atoms with Gasteiger partial charge in [-0.15, -0.1) is 5.10 Å². The zero-order valence-electron chi connectivity index (χ0n) is 10.1. The molecule has 1 aliphatic rings. The Morgan fingerprint density at radius 1 is 1.31 bits per heavy atom. The van der Waals surface area contributed by atoms with Gasteiger partial charge in [0.15, 0.2) is 5.82 Å². The second-order valence-electron chi connectivity index (χ2n) is 4.77. The van der Waals surface area contributed by atoms with Crippen LogP contribution in [-0.2, 0) is 0 Å². The number of aryl methyl sites for hydroxylation is 1. The molecular weight excluding hydrogens is 200 g/mol. The highest BCUT2D eigenvalue weighted by molar-refractivity contribution is 5.39. The molecule has 88 valence electrons. The summed E-state index contributed by atoms with van der Waals surface area (Å²) >= 11 is 0. The molecule has 2 N–H and O–H groups in total. The Balaban J connectivity index is 2.04. The Morgan fingerprint density at radius 2 is 2.00 bits per heavy atom. The summed E-state index contributed by atoms with van der Waals surface area (Å²) in [6.45, 7) is 2.04. The van der Waals surface area contributed by atoms with E-state index in [2.05, 4.69) is 28.2 Å². The fourth-order valence-corrected chi connectivity index (χ4v) is 2.30. The molecule has 1 saturated carbocycles. The summed E-state index contributed by atoms with van der Waals surface area (Å²) in [4.78, 5) is 2.24. The van der Waals surface area contributed by atoms with Crippen molar-refractivity contribution in [2.45, 2.75) is 44.7 Å². The Hall–Kier alpha value is -1.16. The van der Waals surface area contributed by atoms with E-state index in [0.29, 0.717) is 12.1 Å². The van der Waals surface area contributed by atoms with Gasteiger partial charge in [0.25, 0.3) is 0 Å². The van der Waals surface area contributed by atoms with Gasteiger partial charge in [-0.05, 0) is 44.2 Å². The SMILES string of the molecule is Cc1cnnc(N(C)C2CCC(N)CC2)c1. The molecule has 2 rings (SSSR count). The minimum absolute atomic E-state index is 0.397. The van der Waals surface area contributed by atoms with Crippen LogP contribution < -0.4 is 10.6 Å². The molecule has 1 aromatic heterocycles. The highest BCUT2D eigenvalue weighted by Crippen LogP contribution is 2.24. The number of rotatable bonds is 2. The van der Waals surface area contributed by atoms with Crippen molar-refractivity contribution in [2.24, 2.45) is 5.73 Å². The summed E-state index contributed by atoms with van der Waals surface area (Å²) in [7, 11) is 2.10. The smallest absolute Gasteiger partial charge is 0.151 e. The normalized spacial score (nSPS) is 25.4. The van der Waals surface area contributed by atoms with Gasteiger partial charge in [0.05, 0.1) is 6.20 Å². The van der Waals surface area contributed by atoms with Gasteiger partial charge < -0.3 is 10.6 Å². The van der Waals surface area contributed by atoms with Crippen molar-refractivity contribution < 1.29 is 0 Å². The molecular formula is C12H20N4. The molecule has 0 amide bonds. The molecule has 0 bridgehead atoms. The third kappa shape index (κ3) is 2.50. The maximum atomic E-state index is 5.91. The van der Waals surface area contributed by atoms with Crippen LogP contribution in [0.1, 0.15) is 31.2 Å². The average molecular weight is 220 g/mol. The number of nitrogens with zero attached hydrogens (tertiary/aromatic N) is 3. The minimum Gasteiger partial charge on any atom is -0.355 e. The molecule has 16 heavy (non-hydrogen) atoms. The highest BCUT2D eigenvalue weighted by Gasteiger charge is 2.22. The molecule has 0 atom stereocenters. The van der Waals surface area contributed by atoms with E-state index >= 15 is 0 Å². The van der Waals surface area contributed by atoms with Gasteiger partial charge in [-0.25, -0.2) is 0 Å². The third-order valence-corrected chi connectivity index (χ3v) is 3.43. The lowest BCUT2D eigenvalue weighted by Gasteiger charge is -2.34. The van der Waals surface area contributed by atoms with Crippen molar-refractivity contribution in [3.63, 3.8) is 0 Å². The molecule has 0 aliphatic heterocycles. The Labute approximate surface area is 96.9 Å². The molecule has 1 aliphatic carbocycles.